The smallest absolute Gasteiger partial charge is 0.179 e. The van der Waals surface area contributed by atoms with Crippen molar-refractivity contribution in [2.75, 3.05) is 0 Å². The first-order valence-corrected chi connectivity index (χ1v) is 23.8. The minimum absolute atomic E-state index is 1.14. The predicted molar refractivity (Wildman–Crippen MR) is 270 cm³/mol. The fourth-order valence-electron chi connectivity index (χ4n) is 10.4. The van der Waals surface area contributed by atoms with Gasteiger partial charge in [-0.1, -0.05) is 224 Å². The Morgan fingerprint density at radius 2 is 0.730 bits per heavy atom. The monoisotopic (exact) mass is 818 g/mol. The molecular formula is C60H42N2Si. The third-order valence-electron chi connectivity index (χ3n) is 13.1. The SMILES string of the molecule is c1ccc(-c2ccccc2-n2c3cccc(-c4ccccc4)c3c3cccc(-n4c5ccccc5c5ccc([Si](c6ccccc6)(c6ccccc6)c6ccccc6)cc54)c32)cc1. The molecule has 0 N–H and O–H groups in total. The van der Waals surface area contributed by atoms with Gasteiger partial charge in [-0.2, -0.15) is 0 Å². The molecule has 63 heavy (non-hydrogen) atoms. The van der Waals surface area contributed by atoms with E-state index in [0.717, 1.165) is 11.4 Å². The van der Waals surface area contributed by atoms with E-state index in [2.05, 4.69) is 264 Å². The molecule has 0 aliphatic rings. The molecule has 12 aromatic rings. The number of benzene rings is 10. The van der Waals surface area contributed by atoms with Crippen molar-refractivity contribution in [1.29, 1.82) is 0 Å². The van der Waals surface area contributed by atoms with Gasteiger partial charge in [-0.3, -0.25) is 0 Å². The summed E-state index contributed by atoms with van der Waals surface area (Å²) in [6.07, 6.45) is 0. The summed E-state index contributed by atoms with van der Waals surface area (Å²) in [5.74, 6) is 0. The molecule has 0 amide bonds. The lowest BCUT2D eigenvalue weighted by Gasteiger charge is -2.34. The van der Waals surface area contributed by atoms with Crippen LogP contribution < -0.4 is 20.7 Å². The van der Waals surface area contributed by atoms with Crippen molar-refractivity contribution >= 4 is 72.4 Å². The fourth-order valence-corrected chi connectivity index (χ4v) is 15.2. The molecule has 0 aliphatic heterocycles. The van der Waals surface area contributed by atoms with Gasteiger partial charge in [-0.05, 0) is 67.8 Å². The van der Waals surface area contributed by atoms with Crippen LogP contribution in [0.2, 0.25) is 0 Å². The zero-order valence-electron chi connectivity index (χ0n) is 34.6. The van der Waals surface area contributed by atoms with Gasteiger partial charge in [0.25, 0.3) is 0 Å². The molecule has 0 unspecified atom stereocenters. The maximum atomic E-state index is 2.55. The van der Waals surface area contributed by atoms with Gasteiger partial charge >= 0.3 is 0 Å². The van der Waals surface area contributed by atoms with E-state index in [9.17, 15) is 0 Å². The Bertz CT molecular complexity index is 3500. The van der Waals surface area contributed by atoms with Crippen LogP contribution in [0.15, 0.2) is 255 Å². The lowest BCUT2D eigenvalue weighted by molar-refractivity contribution is 1.13. The summed E-state index contributed by atoms with van der Waals surface area (Å²) in [5, 5.41) is 10.4. The summed E-state index contributed by atoms with van der Waals surface area (Å²) in [6, 6.07) is 94.3. The van der Waals surface area contributed by atoms with Crippen molar-refractivity contribution in [2.24, 2.45) is 0 Å². The summed E-state index contributed by atoms with van der Waals surface area (Å²) < 4.78 is 5.09. The van der Waals surface area contributed by atoms with Crippen LogP contribution in [0.5, 0.6) is 0 Å². The van der Waals surface area contributed by atoms with Gasteiger partial charge in [0.1, 0.15) is 0 Å². The second-order valence-corrected chi connectivity index (χ2v) is 20.2. The Morgan fingerprint density at radius 1 is 0.270 bits per heavy atom. The van der Waals surface area contributed by atoms with Crippen LogP contribution in [0.3, 0.4) is 0 Å². The summed E-state index contributed by atoms with van der Waals surface area (Å²) in [4.78, 5) is 0. The van der Waals surface area contributed by atoms with E-state index in [1.807, 2.05) is 0 Å². The van der Waals surface area contributed by atoms with Crippen LogP contribution in [0.1, 0.15) is 0 Å². The normalized spacial score (nSPS) is 11.8. The molecule has 0 atom stereocenters. The van der Waals surface area contributed by atoms with Crippen LogP contribution in [-0.2, 0) is 0 Å². The Balaban J connectivity index is 1.24. The van der Waals surface area contributed by atoms with Crippen molar-refractivity contribution in [2.45, 2.75) is 0 Å². The topological polar surface area (TPSA) is 9.86 Å². The largest absolute Gasteiger partial charge is 0.307 e. The Labute approximate surface area is 368 Å². The highest BCUT2D eigenvalue weighted by atomic mass is 28.3. The van der Waals surface area contributed by atoms with Crippen LogP contribution >= 0.6 is 0 Å². The van der Waals surface area contributed by atoms with E-state index in [0.29, 0.717) is 0 Å². The Morgan fingerprint density at radius 3 is 1.38 bits per heavy atom. The first-order chi connectivity index (χ1) is 31.3. The van der Waals surface area contributed by atoms with Gasteiger partial charge in [-0.15, -0.1) is 0 Å². The predicted octanol–water partition coefficient (Wildman–Crippen LogP) is 12.6. The minimum Gasteiger partial charge on any atom is -0.307 e. The van der Waals surface area contributed by atoms with Crippen molar-refractivity contribution in [3.63, 3.8) is 0 Å². The molecule has 0 bridgehead atoms. The lowest BCUT2D eigenvalue weighted by atomic mass is 9.99. The van der Waals surface area contributed by atoms with Crippen LogP contribution in [0.25, 0.3) is 77.2 Å². The second-order valence-electron chi connectivity index (χ2n) is 16.4. The van der Waals surface area contributed by atoms with E-state index in [4.69, 9.17) is 0 Å². The third kappa shape index (κ3) is 5.78. The van der Waals surface area contributed by atoms with Gasteiger partial charge in [0.05, 0.1) is 33.4 Å². The molecule has 2 nitrogen and oxygen atoms in total. The highest BCUT2D eigenvalue weighted by molar-refractivity contribution is 7.20. The molecule has 0 saturated carbocycles. The van der Waals surface area contributed by atoms with Gasteiger partial charge < -0.3 is 9.13 Å². The zero-order valence-corrected chi connectivity index (χ0v) is 35.6. The van der Waals surface area contributed by atoms with E-state index in [1.54, 1.807) is 0 Å². The molecular weight excluding hydrogens is 777 g/mol. The molecule has 3 heteroatoms. The summed E-state index contributed by atoms with van der Waals surface area (Å²) in [6.45, 7) is 0. The minimum atomic E-state index is -2.84. The summed E-state index contributed by atoms with van der Waals surface area (Å²) in [7, 11) is -2.84. The first kappa shape index (κ1) is 36.8. The standard InChI is InChI=1S/C60H42N2Si/c1-6-22-43(23-7-1)49-32-16-18-36-54(49)62-56-38-20-34-50(44-24-8-2-9-25-44)59(56)53-35-21-39-57(60(53)62)61-55-37-19-17-33-51(55)52-41-40-48(42-58(52)61)63(45-26-10-3-11-27-45,46-28-12-4-13-29-46)47-30-14-5-15-31-47/h1-42H. The zero-order chi connectivity index (χ0) is 41.7. The van der Waals surface area contributed by atoms with Gasteiger partial charge in [0, 0.05) is 27.1 Å². The molecule has 0 fully saturated rings. The highest BCUT2D eigenvalue weighted by Gasteiger charge is 2.41. The number of para-hydroxylation sites is 3. The van der Waals surface area contributed by atoms with Gasteiger partial charge in [-0.25, -0.2) is 0 Å². The molecule has 0 saturated heterocycles. The van der Waals surface area contributed by atoms with E-state index in [1.165, 1.54) is 86.6 Å². The van der Waals surface area contributed by atoms with Gasteiger partial charge in [0.15, 0.2) is 8.07 Å². The van der Waals surface area contributed by atoms with Crippen LogP contribution in [0, 0.1) is 0 Å². The molecule has 0 spiro atoms. The fraction of sp³-hybridized carbons (Fsp3) is 0. The quantitative estimate of drug-likeness (QED) is 0.107. The van der Waals surface area contributed by atoms with Gasteiger partial charge in [0.2, 0.25) is 0 Å². The molecule has 0 radical (unpaired) electrons. The molecule has 12 rings (SSSR count). The first-order valence-electron chi connectivity index (χ1n) is 21.8. The highest BCUT2D eigenvalue weighted by Crippen LogP contribution is 2.44. The number of hydrogen-bond acceptors (Lipinski definition) is 0. The number of nitrogens with zero attached hydrogens (tertiary/aromatic N) is 2. The Hall–Kier alpha value is -7.98. The molecule has 2 aromatic heterocycles. The lowest BCUT2D eigenvalue weighted by Crippen LogP contribution is -2.74. The average molecular weight is 819 g/mol. The summed E-state index contributed by atoms with van der Waals surface area (Å²) in [5.41, 5.74) is 11.8. The van der Waals surface area contributed by atoms with Crippen molar-refractivity contribution in [3.05, 3.63) is 255 Å². The molecule has 2 heterocycles. The van der Waals surface area contributed by atoms with Crippen molar-refractivity contribution in [3.8, 4) is 33.6 Å². The maximum absolute atomic E-state index is 2.84. The number of aromatic nitrogens is 2. The Kier molecular flexibility index (Phi) is 8.87. The van der Waals surface area contributed by atoms with E-state index in [-0.39, 0.29) is 0 Å². The second kappa shape index (κ2) is 15.2. The van der Waals surface area contributed by atoms with Crippen molar-refractivity contribution < 1.29 is 0 Å². The van der Waals surface area contributed by atoms with Crippen LogP contribution in [-0.4, -0.2) is 17.2 Å². The summed E-state index contributed by atoms with van der Waals surface area (Å²) >= 11 is 0. The number of fused-ring (bicyclic) bond motifs is 6. The van der Waals surface area contributed by atoms with E-state index >= 15 is 0 Å². The maximum Gasteiger partial charge on any atom is 0.179 e. The number of rotatable bonds is 8. The van der Waals surface area contributed by atoms with Crippen LogP contribution in [0.4, 0.5) is 0 Å². The average Bonchev–Trinajstić information content (AvgIpc) is 3.89. The molecule has 296 valence electrons. The third-order valence-corrected chi connectivity index (χ3v) is 17.8. The van der Waals surface area contributed by atoms with E-state index < -0.39 is 8.07 Å². The molecule has 0 aliphatic carbocycles. The van der Waals surface area contributed by atoms with Crippen molar-refractivity contribution in [1.82, 2.24) is 9.13 Å². The number of hydrogen-bond donors (Lipinski definition) is 0. The molecule has 10 aromatic carbocycles.